The Morgan fingerprint density at radius 2 is 1.94 bits per heavy atom. The molecule has 0 radical (unpaired) electrons. The summed E-state index contributed by atoms with van der Waals surface area (Å²) in [7, 11) is 0. The third-order valence-corrected chi connectivity index (χ3v) is 4.72. The number of aromatic nitrogens is 2. The highest BCUT2D eigenvalue weighted by Crippen LogP contribution is 2.34. The van der Waals surface area contributed by atoms with E-state index in [2.05, 4.69) is 30.7 Å². The predicted octanol–water partition coefficient (Wildman–Crippen LogP) is 3.16. The number of hydrogen-bond donors (Lipinski definition) is 1. The number of nitrogens with one attached hydrogen (secondary N) is 1. The van der Waals surface area contributed by atoms with Gasteiger partial charge in [-0.25, -0.2) is 4.98 Å². The van der Waals surface area contributed by atoms with E-state index in [1.165, 1.54) is 23.3 Å². The van der Waals surface area contributed by atoms with Crippen molar-refractivity contribution >= 4 is 21.6 Å². The molecule has 3 rings (SSSR count). The van der Waals surface area contributed by atoms with Crippen LogP contribution in [0.1, 0.15) is 49.9 Å². The largest absolute Gasteiger partial charge is 0.309 e. The quantitative estimate of drug-likeness (QED) is 0.792. The van der Waals surface area contributed by atoms with Crippen LogP contribution < -0.4 is 5.56 Å². The van der Waals surface area contributed by atoms with Crippen LogP contribution in [0.3, 0.4) is 0 Å². The van der Waals surface area contributed by atoms with Gasteiger partial charge in [-0.05, 0) is 31.2 Å². The molecule has 2 heterocycles. The fraction of sp³-hybridized carbons (Fsp3) is 0.571. The fourth-order valence-electron chi connectivity index (χ4n) is 2.52. The van der Waals surface area contributed by atoms with Crippen molar-refractivity contribution < 1.29 is 0 Å². The van der Waals surface area contributed by atoms with E-state index in [1.807, 2.05) is 0 Å². The highest BCUT2D eigenvalue weighted by molar-refractivity contribution is 7.18. The van der Waals surface area contributed by atoms with Gasteiger partial charge in [0.2, 0.25) is 0 Å². The lowest BCUT2D eigenvalue weighted by Gasteiger charge is -2.16. The van der Waals surface area contributed by atoms with Gasteiger partial charge >= 0.3 is 0 Å². The van der Waals surface area contributed by atoms with E-state index in [1.54, 1.807) is 11.3 Å². The van der Waals surface area contributed by atoms with Gasteiger partial charge < -0.3 is 4.98 Å². The molecule has 0 bridgehead atoms. The molecule has 0 aromatic carbocycles. The zero-order valence-electron chi connectivity index (χ0n) is 11.1. The van der Waals surface area contributed by atoms with Crippen LogP contribution in [0.15, 0.2) is 4.79 Å². The lowest BCUT2D eigenvalue weighted by Crippen LogP contribution is -2.22. The molecule has 0 amide bonds. The number of rotatable bonds is 0. The molecule has 0 atom stereocenters. The minimum atomic E-state index is -0.113. The number of aromatic amines is 1. The lowest BCUT2D eigenvalue weighted by atomic mass is 9.95. The molecule has 0 unspecified atom stereocenters. The summed E-state index contributed by atoms with van der Waals surface area (Å²) < 4.78 is 0. The van der Waals surface area contributed by atoms with Gasteiger partial charge in [0.15, 0.2) is 0 Å². The molecule has 0 saturated heterocycles. The van der Waals surface area contributed by atoms with Crippen molar-refractivity contribution in [2.75, 3.05) is 0 Å². The second kappa shape index (κ2) is 3.92. The van der Waals surface area contributed by atoms with Crippen LogP contribution in [0.2, 0.25) is 0 Å². The first-order valence-electron chi connectivity index (χ1n) is 6.52. The Morgan fingerprint density at radius 1 is 1.22 bits per heavy atom. The van der Waals surface area contributed by atoms with E-state index < -0.39 is 0 Å². The maximum Gasteiger partial charge on any atom is 0.259 e. The summed E-state index contributed by atoms with van der Waals surface area (Å²) in [5, 5.41) is 0.850. The highest BCUT2D eigenvalue weighted by Gasteiger charge is 2.23. The van der Waals surface area contributed by atoms with E-state index in [0.717, 1.165) is 28.9 Å². The van der Waals surface area contributed by atoms with Gasteiger partial charge in [-0.3, -0.25) is 4.79 Å². The summed E-state index contributed by atoms with van der Waals surface area (Å²) in [6.07, 6.45) is 4.58. The van der Waals surface area contributed by atoms with Crippen LogP contribution in [0, 0.1) is 0 Å². The minimum absolute atomic E-state index is 0.0457. The third-order valence-electron chi connectivity index (χ3n) is 3.54. The Bertz CT molecular complexity index is 661. The van der Waals surface area contributed by atoms with Gasteiger partial charge in [-0.15, -0.1) is 11.3 Å². The van der Waals surface area contributed by atoms with Gasteiger partial charge in [-0.1, -0.05) is 20.8 Å². The normalized spacial score (nSPS) is 15.9. The standard InChI is InChI=1S/C14H18N2OS/c1-14(2,3)13-15-11(17)10-8-6-4-5-7-9(8)18-12(10)16-13/h4-7H2,1-3H3,(H,15,16,17). The maximum absolute atomic E-state index is 12.3. The van der Waals surface area contributed by atoms with Gasteiger partial charge in [-0.2, -0.15) is 0 Å². The molecule has 0 aliphatic heterocycles. The Hall–Kier alpha value is -1.16. The number of hydrogen-bond acceptors (Lipinski definition) is 3. The molecule has 3 nitrogen and oxygen atoms in total. The van der Waals surface area contributed by atoms with Crippen LogP contribution in [0.4, 0.5) is 0 Å². The van der Waals surface area contributed by atoms with Crippen LogP contribution in [0.5, 0.6) is 0 Å². The van der Waals surface area contributed by atoms with Gasteiger partial charge in [0, 0.05) is 10.3 Å². The van der Waals surface area contributed by atoms with Crippen molar-refractivity contribution in [1.29, 1.82) is 0 Å². The first-order chi connectivity index (χ1) is 8.47. The van der Waals surface area contributed by atoms with Crippen molar-refractivity contribution in [1.82, 2.24) is 9.97 Å². The summed E-state index contributed by atoms with van der Waals surface area (Å²) >= 11 is 1.71. The first-order valence-corrected chi connectivity index (χ1v) is 7.33. The molecular formula is C14H18N2OS. The molecule has 0 saturated carbocycles. The molecule has 0 spiro atoms. The second-order valence-electron chi connectivity index (χ2n) is 6.06. The Morgan fingerprint density at radius 3 is 2.67 bits per heavy atom. The van der Waals surface area contributed by atoms with Crippen LogP contribution >= 0.6 is 11.3 Å². The highest BCUT2D eigenvalue weighted by atomic mass is 32.1. The Kier molecular flexibility index (Phi) is 2.59. The van der Waals surface area contributed by atoms with Crippen molar-refractivity contribution in [3.63, 3.8) is 0 Å². The smallest absolute Gasteiger partial charge is 0.259 e. The maximum atomic E-state index is 12.3. The summed E-state index contributed by atoms with van der Waals surface area (Å²) in [5.41, 5.74) is 1.19. The Balaban J connectivity index is 2.30. The number of thiophene rings is 1. The molecule has 2 aromatic rings. The summed E-state index contributed by atoms with van der Waals surface area (Å²) in [6, 6.07) is 0. The molecule has 1 N–H and O–H groups in total. The zero-order valence-corrected chi connectivity index (χ0v) is 11.9. The molecule has 1 aliphatic rings. The molecular weight excluding hydrogens is 244 g/mol. The molecule has 96 valence electrons. The minimum Gasteiger partial charge on any atom is -0.309 e. The van der Waals surface area contributed by atoms with Gasteiger partial charge in [0.1, 0.15) is 10.7 Å². The number of fused-ring (bicyclic) bond motifs is 3. The lowest BCUT2D eigenvalue weighted by molar-refractivity contribution is 0.546. The molecule has 1 aliphatic carbocycles. The van der Waals surface area contributed by atoms with E-state index in [-0.39, 0.29) is 11.0 Å². The third kappa shape index (κ3) is 1.79. The molecule has 18 heavy (non-hydrogen) atoms. The predicted molar refractivity (Wildman–Crippen MR) is 75.6 cm³/mol. The van der Waals surface area contributed by atoms with Crippen molar-refractivity contribution in [3.8, 4) is 0 Å². The summed E-state index contributed by atoms with van der Waals surface area (Å²) in [5.74, 6) is 0.790. The fourth-order valence-corrected chi connectivity index (χ4v) is 3.78. The summed E-state index contributed by atoms with van der Waals surface area (Å²) in [6.45, 7) is 6.22. The SMILES string of the molecule is CC(C)(C)c1nc2sc3c(c2c(=O)[nH]1)CCCC3. The number of aryl methyl sites for hydroxylation is 2. The van der Waals surface area contributed by atoms with Crippen molar-refractivity contribution in [3.05, 3.63) is 26.6 Å². The van der Waals surface area contributed by atoms with E-state index in [0.29, 0.717) is 0 Å². The topological polar surface area (TPSA) is 45.8 Å². The zero-order chi connectivity index (χ0) is 12.9. The van der Waals surface area contributed by atoms with E-state index in [9.17, 15) is 4.79 Å². The number of H-pyrrole nitrogens is 1. The van der Waals surface area contributed by atoms with Gasteiger partial charge in [0.05, 0.1) is 5.39 Å². The first kappa shape index (κ1) is 11.9. The second-order valence-corrected chi connectivity index (χ2v) is 7.14. The monoisotopic (exact) mass is 262 g/mol. The summed E-state index contributed by atoms with van der Waals surface area (Å²) in [4.78, 5) is 22.2. The molecule has 0 fully saturated rings. The van der Waals surface area contributed by atoms with Crippen LogP contribution in [0.25, 0.3) is 10.2 Å². The van der Waals surface area contributed by atoms with Crippen molar-refractivity contribution in [2.24, 2.45) is 0 Å². The van der Waals surface area contributed by atoms with E-state index in [4.69, 9.17) is 0 Å². The van der Waals surface area contributed by atoms with Crippen LogP contribution in [-0.4, -0.2) is 9.97 Å². The van der Waals surface area contributed by atoms with Gasteiger partial charge in [0.25, 0.3) is 5.56 Å². The van der Waals surface area contributed by atoms with Crippen LogP contribution in [-0.2, 0) is 18.3 Å². The molecule has 2 aromatic heterocycles. The van der Waals surface area contributed by atoms with E-state index >= 15 is 0 Å². The average Bonchev–Trinajstić information content (AvgIpc) is 2.66. The average molecular weight is 262 g/mol. The number of nitrogens with zero attached hydrogens (tertiary/aromatic N) is 1. The van der Waals surface area contributed by atoms with Crippen molar-refractivity contribution in [2.45, 2.75) is 51.9 Å². The Labute approximate surface area is 110 Å². The molecule has 4 heteroatoms.